The number of carbonyl (C=O) groups is 1. The number of rotatable bonds is 5. The topological polar surface area (TPSA) is 26.3 Å². The third-order valence-electron chi connectivity index (χ3n) is 2.16. The van der Waals surface area contributed by atoms with Gasteiger partial charge in [-0.05, 0) is 24.6 Å². The van der Waals surface area contributed by atoms with E-state index in [1.165, 1.54) is 19.8 Å². The summed E-state index contributed by atoms with van der Waals surface area (Å²) in [5.74, 6) is 7.35. The molecule has 1 aromatic rings. The summed E-state index contributed by atoms with van der Waals surface area (Å²) in [7, 11) is 0. The molecule has 0 radical (unpaired) electrons. The standard InChI is InChI=1S/C15H18O2S/c1-3-4-5-6-7-11-18-15-10-8-9-14(12-15)17-13(2)16/h8-10,12H,3-5,11H2,1-2H3. The summed E-state index contributed by atoms with van der Waals surface area (Å²) in [5, 5.41) is 0. The summed E-state index contributed by atoms with van der Waals surface area (Å²) in [6.45, 7) is 3.57. The van der Waals surface area contributed by atoms with Crippen LogP contribution in [0.5, 0.6) is 5.75 Å². The number of benzene rings is 1. The summed E-state index contributed by atoms with van der Waals surface area (Å²) in [6.07, 6.45) is 3.33. The van der Waals surface area contributed by atoms with Gasteiger partial charge in [0.25, 0.3) is 0 Å². The Balaban J connectivity index is 2.41. The molecule has 0 N–H and O–H groups in total. The first-order chi connectivity index (χ1) is 8.72. The zero-order valence-corrected chi connectivity index (χ0v) is 11.7. The molecule has 3 heteroatoms. The molecule has 1 aromatic carbocycles. The molecule has 0 aliphatic carbocycles. The van der Waals surface area contributed by atoms with Crippen LogP contribution in [0.15, 0.2) is 29.2 Å². The molecule has 2 nitrogen and oxygen atoms in total. The van der Waals surface area contributed by atoms with Crippen molar-refractivity contribution < 1.29 is 9.53 Å². The van der Waals surface area contributed by atoms with Gasteiger partial charge in [-0.25, -0.2) is 0 Å². The highest BCUT2D eigenvalue weighted by molar-refractivity contribution is 7.99. The molecule has 0 heterocycles. The van der Waals surface area contributed by atoms with Gasteiger partial charge in [0.2, 0.25) is 0 Å². The summed E-state index contributed by atoms with van der Waals surface area (Å²) in [5.41, 5.74) is 0. The van der Waals surface area contributed by atoms with E-state index in [0.717, 1.165) is 17.1 Å². The molecular formula is C15H18O2S. The van der Waals surface area contributed by atoms with E-state index >= 15 is 0 Å². The molecule has 0 unspecified atom stereocenters. The van der Waals surface area contributed by atoms with E-state index < -0.39 is 0 Å². The third-order valence-corrected chi connectivity index (χ3v) is 3.03. The number of hydrogen-bond acceptors (Lipinski definition) is 3. The average molecular weight is 262 g/mol. The number of carbonyl (C=O) groups excluding carboxylic acids is 1. The molecule has 0 aliphatic rings. The second kappa shape index (κ2) is 8.66. The Morgan fingerprint density at radius 3 is 2.94 bits per heavy atom. The SMILES string of the molecule is CCCCC#CCSc1cccc(OC(C)=O)c1. The molecule has 1 rings (SSSR count). The van der Waals surface area contributed by atoms with Crippen LogP contribution in [0, 0.1) is 11.8 Å². The zero-order valence-electron chi connectivity index (χ0n) is 10.9. The van der Waals surface area contributed by atoms with Crippen molar-refractivity contribution in [3.63, 3.8) is 0 Å². The summed E-state index contributed by atoms with van der Waals surface area (Å²) in [4.78, 5) is 11.9. The Kier molecular flexibility index (Phi) is 7.05. The molecule has 0 atom stereocenters. The van der Waals surface area contributed by atoms with Gasteiger partial charge in [-0.1, -0.05) is 25.3 Å². The van der Waals surface area contributed by atoms with E-state index in [9.17, 15) is 4.79 Å². The number of ether oxygens (including phenoxy) is 1. The molecule has 0 spiro atoms. The monoisotopic (exact) mass is 262 g/mol. The van der Waals surface area contributed by atoms with E-state index in [0.29, 0.717) is 5.75 Å². The minimum absolute atomic E-state index is 0.295. The Labute approximate surface area is 113 Å². The van der Waals surface area contributed by atoms with Crippen LogP contribution in [0.3, 0.4) is 0 Å². The van der Waals surface area contributed by atoms with Gasteiger partial charge in [0.15, 0.2) is 0 Å². The maximum atomic E-state index is 10.8. The first-order valence-corrected chi connectivity index (χ1v) is 7.08. The average Bonchev–Trinajstić information content (AvgIpc) is 2.33. The van der Waals surface area contributed by atoms with E-state index in [1.807, 2.05) is 18.2 Å². The Morgan fingerprint density at radius 1 is 1.39 bits per heavy atom. The van der Waals surface area contributed by atoms with Crippen LogP contribution in [0.25, 0.3) is 0 Å². The Bertz CT molecular complexity index is 443. The first kappa shape index (κ1) is 14.7. The molecule has 0 saturated carbocycles. The Morgan fingerprint density at radius 2 is 2.22 bits per heavy atom. The van der Waals surface area contributed by atoms with Gasteiger partial charge in [0.1, 0.15) is 5.75 Å². The fourth-order valence-electron chi connectivity index (χ4n) is 1.32. The lowest BCUT2D eigenvalue weighted by atomic mass is 10.3. The number of esters is 1. The quantitative estimate of drug-likeness (QED) is 0.265. The number of hydrogen-bond donors (Lipinski definition) is 0. The molecule has 0 aliphatic heterocycles. The number of unbranched alkanes of at least 4 members (excludes halogenated alkanes) is 2. The second-order valence-corrected chi connectivity index (χ2v) is 4.86. The van der Waals surface area contributed by atoms with Crippen molar-refractivity contribution in [1.29, 1.82) is 0 Å². The van der Waals surface area contributed by atoms with Crippen molar-refractivity contribution in [3.05, 3.63) is 24.3 Å². The predicted octanol–water partition coefficient (Wildman–Crippen LogP) is 3.90. The van der Waals surface area contributed by atoms with Crippen molar-refractivity contribution >= 4 is 17.7 Å². The minimum atomic E-state index is -0.295. The van der Waals surface area contributed by atoms with Crippen LogP contribution in [-0.4, -0.2) is 11.7 Å². The fraction of sp³-hybridized carbons (Fsp3) is 0.400. The van der Waals surface area contributed by atoms with Gasteiger partial charge >= 0.3 is 5.97 Å². The third kappa shape index (κ3) is 6.36. The Hall–Kier alpha value is -1.40. The van der Waals surface area contributed by atoms with Gasteiger partial charge in [0, 0.05) is 18.2 Å². The fourth-order valence-corrected chi connectivity index (χ4v) is 2.03. The molecule has 0 fully saturated rings. The molecule has 0 aromatic heterocycles. The predicted molar refractivity (Wildman–Crippen MR) is 75.8 cm³/mol. The minimum Gasteiger partial charge on any atom is -0.427 e. The van der Waals surface area contributed by atoms with Gasteiger partial charge in [-0.2, -0.15) is 0 Å². The van der Waals surface area contributed by atoms with Crippen molar-refractivity contribution in [1.82, 2.24) is 0 Å². The normalized spacial score (nSPS) is 9.44. The van der Waals surface area contributed by atoms with E-state index in [1.54, 1.807) is 17.8 Å². The van der Waals surface area contributed by atoms with Crippen LogP contribution in [0.1, 0.15) is 33.1 Å². The molecule has 0 bridgehead atoms. The van der Waals surface area contributed by atoms with Gasteiger partial charge in [-0.15, -0.1) is 17.7 Å². The van der Waals surface area contributed by atoms with Crippen LogP contribution in [0.4, 0.5) is 0 Å². The lowest BCUT2D eigenvalue weighted by molar-refractivity contribution is -0.131. The molecule has 0 amide bonds. The molecule has 0 saturated heterocycles. The van der Waals surface area contributed by atoms with E-state index in [2.05, 4.69) is 18.8 Å². The van der Waals surface area contributed by atoms with Gasteiger partial charge in [0.05, 0.1) is 5.75 Å². The van der Waals surface area contributed by atoms with E-state index in [4.69, 9.17) is 4.74 Å². The van der Waals surface area contributed by atoms with Crippen LogP contribution < -0.4 is 4.74 Å². The highest BCUT2D eigenvalue weighted by Crippen LogP contribution is 2.22. The smallest absolute Gasteiger partial charge is 0.308 e. The maximum Gasteiger partial charge on any atom is 0.308 e. The van der Waals surface area contributed by atoms with E-state index in [-0.39, 0.29) is 5.97 Å². The lowest BCUT2D eigenvalue weighted by Crippen LogP contribution is -2.00. The highest BCUT2D eigenvalue weighted by Gasteiger charge is 1.99. The summed E-state index contributed by atoms with van der Waals surface area (Å²) in [6, 6.07) is 7.51. The molecule has 18 heavy (non-hydrogen) atoms. The van der Waals surface area contributed by atoms with Gasteiger partial charge < -0.3 is 4.74 Å². The maximum absolute atomic E-state index is 10.8. The van der Waals surface area contributed by atoms with Crippen molar-refractivity contribution in [3.8, 4) is 17.6 Å². The van der Waals surface area contributed by atoms with Crippen LogP contribution >= 0.6 is 11.8 Å². The summed E-state index contributed by atoms with van der Waals surface area (Å²) < 4.78 is 5.03. The molecular weight excluding hydrogens is 244 g/mol. The van der Waals surface area contributed by atoms with Gasteiger partial charge in [-0.3, -0.25) is 4.79 Å². The zero-order chi connectivity index (χ0) is 13.2. The highest BCUT2D eigenvalue weighted by atomic mass is 32.2. The second-order valence-electron chi connectivity index (χ2n) is 3.81. The van der Waals surface area contributed by atoms with Crippen molar-refractivity contribution in [2.75, 3.05) is 5.75 Å². The largest absolute Gasteiger partial charge is 0.427 e. The van der Waals surface area contributed by atoms with Crippen molar-refractivity contribution in [2.24, 2.45) is 0 Å². The number of thioether (sulfide) groups is 1. The van der Waals surface area contributed by atoms with Crippen molar-refractivity contribution in [2.45, 2.75) is 38.0 Å². The molecule has 96 valence electrons. The first-order valence-electron chi connectivity index (χ1n) is 6.09. The van der Waals surface area contributed by atoms with Crippen LogP contribution in [-0.2, 0) is 4.79 Å². The van der Waals surface area contributed by atoms with Crippen LogP contribution in [0.2, 0.25) is 0 Å². The lowest BCUT2D eigenvalue weighted by Gasteiger charge is -2.02. The summed E-state index contributed by atoms with van der Waals surface area (Å²) >= 11 is 1.65.